The number of amides is 1. The zero-order valence-electron chi connectivity index (χ0n) is 7.66. The van der Waals surface area contributed by atoms with Crippen LogP contribution in [-0.4, -0.2) is 30.1 Å². The average Bonchev–Trinajstić information content (AvgIpc) is 2.00. The molecule has 0 saturated heterocycles. The summed E-state index contributed by atoms with van der Waals surface area (Å²) < 4.78 is 4.56. The number of aliphatic hydroxyl groups excluding tert-OH is 1. The van der Waals surface area contributed by atoms with E-state index in [1.165, 1.54) is 6.92 Å². The molecule has 0 fully saturated rings. The number of aliphatic hydroxyl groups is 1. The Kier molecular flexibility index (Phi) is 5.34. The van der Waals surface area contributed by atoms with E-state index < -0.39 is 11.9 Å². The Morgan fingerprint density at radius 2 is 2.15 bits per heavy atom. The van der Waals surface area contributed by atoms with Gasteiger partial charge < -0.3 is 15.2 Å². The van der Waals surface area contributed by atoms with E-state index in [1.54, 1.807) is 6.92 Å². The number of rotatable bonds is 4. The first-order valence-corrected chi connectivity index (χ1v) is 3.87. The van der Waals surface area contributed by atoms with E-state index in [4.69, 9.17) is 5.11 Å². The molecule has 0 aliphatic carbocycles. The number of esters is 1. The summed E-state index contributed by atoms with van der Waals surface area (Å²) in [6.45, 7) is 3.14. The van der Waals surface area contributed by atoms with Crippen molar-refractivity contribution in [3.05, 3.63) is 11.8 Å². The molecule has 0 radical (unpaired) electrons. The minimum Gasteiger partial charge on any atom is -0.512 e. The molecule has 74 valence electrons. The number of carbonyl (C=O) groups excluding carboxylic acids is 2. The maximum Gasteiger partial charge on any atom is 0.325 e. The van der Waals surface area contributed by atoms with Crippen molar-refractivity contribution in [2.75, 3.05) is 13.2 Å². The Morgan fingerprint density at radius 1 is 1.54 bits per heavy atom. The Labute approximate surface area is 76.4 Å². The average molecular weight is 187 g/mol. The van der Waals surface area contributed by atoms with Crippen molar-refractivity contribution in [1.82, 2.24) is 5.32 Å². The third kappa shape index (κ3) is 6.86. The topological polar surface area (TPSA) is 75.6 Å². The summed E-state index contributed by atoms with van der Waals surface area (Å²) in [7, 11) is 0. The molecule has 0 saturated carbocycles. The van der Waals surface area contributed by atoms with Crippen LogP contribution in [0.15, 0.2) is 11.8 Å². The minimum absolute atomic E-state index is 0.110. The fraction of sp³-hybridized carbons (Fsp3) is 0.500. The summed E-state index contributed by atoms with van der Waals surface area (Å²) >= 11 is 0. The standard InChI is InChI=1S/C8H13NO4/c1-3-13-8(12)5-9-7(11)4-6(2)10/h4,10H,3,5H2,1-2H3,(H,9,11). The van der Waals surface area contributed by atoms with E-state index in [-0.39, 0.29) is 18.9 Å². The fourth-order valence-corrected chi connectivity index (χ4v) is 0.612. The lowest BCUT2D eigenvalue weighted by Gasteiger charge is -2.01. The van der Waals surface area contributed by atoms with Gasteiger partial charge in [-0.1, -0.05) is 0 Å². The smallest absolute Gasteiger partial charge is 0.325 e. The van der Waals surface area contributed by atoms with Crippen LogP contribution >= 0.6 is 0 Å². The third-order valence-electron chi connectivity index (χ3n) is 1.05. The van der Waals surface area contributed by atoms with Gasteiger partial charge in [0.2, 0.25) is 5.91 Å². The summed E-state index contributed by atoms with van der Waals surface area (Å²) in [6.07, 6.45) is 0.985. The first-order valence-electron chi connectivity index (χ1n) is 3.87. The van der Waals surface area contributed by atoms with Gasteiger partial charge in [-0.15, -0.1) is 0 Å². The fourth-order valence-electron chi connectivity index (χ4n) is 0.612. The van der Waals surface area contributed by atoms with Crippen molar-refractivity contribution in [3.63, 3.8) is 0 Å². The van der Waals surface area contributed by atoms with Crippen LogP contribution in [0.2, 0.25) is 0 Å². The van der Waals surface area contributed by atoms with Gasteiger partial charge in [0.1, 0.15) is 6.54 Å². The quantitative estimate of drug-likeness (QED) is 0.372. The van der Waals surface area contributed by atoms with Crippen molar-refractivity contribution < 1.29 is 19.4 Å². The van der Waals surface area contributed by atoms with Crippen LogP contribution in [-0.2, 0) is 14.3 Å². The number of carbonyl (C=O) groups is 2. The molecular formula is C8H13NO4. The maximum absolute atomic E-state index is 10.8. The lowest BCUT2D eigenvalue weighted by Crippen LogP contribution is -2.29. The van der Waals surface area contributed by atoms with Crippen molar-refractivity contribution in [2.24, 2.45) is 0 Å². The van der Waals surface area contributed by atoms with Crippen LogP contribution in [0, 0.1) is 0 Å². The largest absolute Gasteiger partial charge is 0.512 e. The molecule has 0 heterocycles. The lowest BCUT2D eigenvalue weighted by molar-refractivity contribution is -0.143. The zero-order valence-corrected chi connectivity index (χ0v) is 7.66. The number of nitrogens with one attached hydrogen (secondary N) is 1. The molecule has 0 rings (SSSR count). The lowest BCUT2D eigenvalue weighted by atomic mass is 10.4. The third-order valence-corrected chi connectivity index (χ3v) is 1.05. The van der Waals surface area contributed by atoms with E-state index in [0.717, 1.165) is 6.08 Å². The molecule has 0 aromatic carbocycles. The molecule has 0 aliphatic rings. The molecular weight excluding hydrogens is 174 g/mol. The van der Waals surface area contributed by atoms with E-state index in [1.807, 2.05) is 0 Å². The van der Waals surface area contributed by atoms with E-state index in [0.29, 0.717) is 0 Å². The highest BCUT2D eigenvalue weighted by Gasteiger charge is 2.03. The number of allylic oxidation sites excluding steroid dienone is 1. The van der Waals surface area contributed by atoms with Gasteiger partial charge in [-0.2, -0.15) is 0 Å². The predicted octanol–water partition coefficient (Wildman–Crippen LogP) is 0.128. The first kappa shape index (κ1) is 11.5. The van der Waals surface area contributed by atoms with Crippen LogP contribution in [0.5, 0.6) is 0 Å². The zero-order chi connectivity index (χ0) is 10.3. The molecule has 1 amide bonds. The summed E-state index contributed by atoms with van der Waals surface area (Å²) in [6, 6.07) is 0. The van der Waals surface area contributed by atoms with Gasteiger partial charge in [0.05, 0.1) is 12.4 Å². The Bertz CT molecular complexity index is 218. The van der Waals surface area contributed by atoms with Crippen LogP contribution in [0.1, 0.15) is 13.8 Å². The van der Waals surface area contributed by atoms with Gasteiger partial charge >= 0.3 is 5.97 Å². The van der Waals surface area contributed by atoms with E-state index in [9.17, 15) is 9.59 Å². The van der Waals surface area contributed by atoms with Gasteiger partial charge in [0.15, 0.2) is 0 Å². The van der Waals surface area contributed by atoms with Crippen molar-refractivity contribution in [3.8, 4) is 0 Å². The second kappa shape index (κ2) is 6.05. The highest BCUT2D eigenvalue weighted by Crippen LogP contribution is 1.83. The van der Waals surface area contributed by atoms with Gasteiger partial charge in [0, 0.05) is 6.08 Å². The molecule has 0 aromatic heterocycles. The second-order valence-corrected chi connectivity index (χ2v) is 2.31. The van der Waals surface area contributed by atoms with Crippen LogP contribution in [0.4, 0.5) is 0 Å². The molecule has 0 unspecified atom stereocenters. The molecule has 0 aliphatic heterocycles. The highest BCUT2D eigenvalue weighted by atomic mass is 16.5. The number of ether oxygens (including phenoxy) is 1. The summed E-state index contributed by atoms with van der Waals surface area (Å²) in [5, 5.41) is 10.9. The predicted molar refractivity (Wildman–Crippen MR) is 46.0 cm³/mol. The van der Waals surface area contributed by atoms with Crippen molar-refractivity contribution in [2.45, 2.75) is 13.8 Å². The van der Waals surface area contributed by atoms with E-state index >= 15 is 0 Å². The Balaban J connectivity index is 3.71. The molecule has 2 N–H and O–H groups in total. The molecule has 0 bridgehead atoms. The number of hydrogen-bond acceptors (Lipinski definition) is 4. The SMILES string of the molecule is CCOC(=O)CNC(=O)C=C(C)O. The van der Waals surface area contributed by atoms with Crippen LogP contribution < -0.4 is 5.32 Å². The van der Waals surface area contributed by atoms with Gasteiger partial charge in [-0.05, 0) is 13.8 Å². The van der Waals surface area contributed by atoms with Gasteiger partial charge in [-0.3, -0.25) is 9.59 Å². The Hall–Kier alpha value is -1.52. The second-order valence-electron chi connectivity index (χ2n) is 2.31. The van der Waals surface area contributed by atoms with E-state index in [2.05, 4.69) is 10.1 Å². The minimum atomic E-state index is -0.520. The summed E-state index contributed by atoms with van der Waals surface area (Å²) in [4.78, 5) is 21.5. The molecule has 5 heteroatoms. The van der Waals surface area contributed by atoms with Crippen LogP contribution in [0.3, 0.4) is 0 Å². The maximum atomic E-state index is 10.8. The van der Waals surface area contributed by atoms with Crippen molar-refractivity contribution in [1.29, 1.82) is 0 Å². The molecule has 0 spiro atoms. The van der Waals surface area contributed by atoms with Gasteiger partial charge in [0.25, 0.3) is 0 Å². The van der Waals surface area contributed by atoms with Crippen molar-refractivity contribution >= 4 is 11.9 Å². The molecule has 5 nitrogen and oxygen atoms in total. The normalized spacial score (nSPS) is 10.8. The first-order chi connectivity index (χ1) is 6.06. The van der Waals surface area contributed by atoms with Gasteiger partial charge in [-0.25, -0.2) is 0 Å². The molecule has 0 aromatic rings. The monoisotopic (exact) mass is 187 g/mol. The summed E-state index contributed by atoms with van der Waals surface area (Å²) in [5.41, 5.74) is 0. The molecule has 13 heavy (non-hydrogen) atoms. The van der Waals surface area contributed by atoms with Crippen LogP contribution in [0.25, 0.3) is 0 Å². The molecule has 0 atom stereocenters. The Morgan fingerprint density at radius 3 is 2.62 bits per heavy atom. The number of hydrogen-bond donors (Lipinski definition) is 2. The summed E-state index contributed by atoms with van der Waals surface area (Å²) in [5.74, 6) is -1.13. The highest BCUT2D eigenvalue weighted by molar-refractivity contribution is 5.90.